The van der Waals surface area contributed by atoms with Gasteiger partial charge >= 0.3 is 12.0 Å². The molecule has 2 rings (SSSR count). The quantitative estimate of drug-likeness (QED) is 0.643. The van der Waals surface area contributed by atoms with E-state index < -0.39 is 18.0 Å². The number of imide groups is 1. The average molecular weight is 348 g/mol. The third-order valence-corrected chi connectivity index (χ3v) is 4.57. The van der Waals surface area contributed by atoms with E-state index in [9.17, 15) is 14.4 Å². The predicted octanol–water partition coefficient (Wildman–Crippen LogP) is -0.206. The number of rotatable bonds is 5. The maximum Gasteiger partial charge on any atom is 0.365 e. The number of carbonyl (C=O) groups is 3. The van der Waals surface area contributed by atoms with Gasteiger partial charge in [0.2, 0.25) is 0 Å². The lowest BCUT2D eigenvalue weighted by Crippen LogP contribution is -3.17. The zero-order valence-electron chi connectivity index (χ0n) is 14.9. The van der Waals surface area contributed by atoms with Crippen LogP contribution in [0.4, 0.5) is 4.79 Å². The Labute approximate surface area is 147 Å². The monoisotopic (exact) mass is 348 g/mol. The number of ether oxygens (including phenoxy) is 1. The van der Waals surface area contributed by atoms with Crippen molar-refractivity contribution in [1.29, 1.82) is 0 Å². The Balaban J connectivity index is 2.03. The van der Waals surface area contributed by atoms with Gasteiger partial charge in [-0.05, 0) is 18.9 Å². The van der Waals surface area contributed by atoms with Gasteiger partial charge in [0.1, 0.15) is 6.54 Å². The van der Waals surface area contributed by atoms with Crippen molar-refractivity contribution in [2.24, 2.45) is 0 Å². The van der Waals surface area contributed by atoms with Crippen molar-refractivity contribution < 1.29 is 24.0 Å². The van der Waals surface area contributed by atoms with Crippen LogP contribution in [0.25, 0.3) is 0 Å². The molecule has 0 radical (unpaired) electrons. The minimum atomic E-state index is -0.509. The van der Waals surface area contributed by atoms with Crippen molar-refractivity contribution in [3.63, 3.8) is 0 Å². The maximum atomic E-state index is 12.2. The minimum Gasteiger partial charge on any atom is -0.465 e. The van der Waals surface area contributed by atoms with E-state index in [1.807, 2.05) is 38.1 Å². The standard InChI is InChI=1S/C18H25N3O4/c1-4-12(2)19-18(24)20-16(22)11-21-10-14-8-6-5-7-13(14)9-15(21)17(23)25-3/h5-8,12,15H,4,9-11H2,1-3H3,(H2,19,20,22,24)/p+1/t12-,15+/m0/s1. The molecule has 0 spiro atoms. The van der Waals surface area contributed by atoms with Crippen molar-refractivity contribution in [3.05, 3.63) is 35.4 Å². The summed E-state index contributed by atoms with van der Waals surface area (Å²) in [4.78, 5) is 36.9. The molecule has 7 nitrogen and oxygen atoms in total. The molecule has 25 heavy (non-hydrogen) atoms. The molecule has 1 unspecified atom stereocenters. The Bertz CT molecular complexity index is 647. The van der Waals surface area contributed by atoms with E-state index in [0.29, 0.717) is 13.0 Å². The van der Waals surface area contributed by atoms with Gasteiger partial charge in [-0.3, -0.25) is 10.1 Å². The van der Waals surface area contributed by atoms with Gasteiger partial charge in [-0.15, -0.1) is 0 Å². The fourth-order valence-corrected chi connectivity index (χ4v) is 2.98. The van der Waals surface area contributed by atoms with Crippen LogP contribution < -0.4 is 15.5 Å². The first-order valence-electron chi connectivity index (χ1n) is 8.54. The largest absolute Gasteiger partial charge is 0.465 e. The molecule has 136 valence electrons. The van der Waals surface area contributed by atoms with E-state index in [2.05, 4.69) is 10.6 Å². The van der Waals surface area contributed by atoms with Crippen molar-refractivity contribution in [2.45, 2.75) is 45.3 Å². The summed E-state index contributed by atoms with van der Waals surface area (Å²) in [7, 11) is 1.35. The number of hydrogen-bond donors (Lipinski definition) is 3. The van der Waals surface area contributed by atoms with Gasteiger partial charge in [-0.25, -0.2) is 9.59 Å². The molecule has 1 aromatic carbocycles. The number of esters is 1. The molecule has 0 saturated carbocycles. The topological polar surface area (TPSA) is 88.9 Å². The van der Waals surface area contributed by atoms with Gasteiger partial charge < -0.3 is 15.0 Å². The lowest BCUT2D eigenvalue weighted by atomic mass is 9.94. The van der Waals surface area contributed by atoms with Crippen LogP contribution in [0.2, 0.25) is 0 Å². The molecule has 0 saturated heterocycles. The summed E-state index contributed by atoms with van der Waals surface area (Å²) in [6, 6.07) is 6.88. The first-order chi connectivity index (χ1) is 11.9. The minimum absolute atomic E-state index is 0.00942. The average Bonchev–Trinajstić information content (AvgIpc) is 2.59. The number of benzene rings is 1. The SMILES string of the molecule is CC[C@H](C)NC(=O)NC(=O)C[NH+]1Cc2ccccc2C[C@@H]1C(=O)OC. The predicted molar refractivity (Wildman–Crippen MR) is 91.9 cm³/mol. The maximum absolute atomic E-state index is 12.2. The second-order valence-corrected chi connectivity index (χ2v) is 6.39. The number of hydrogen-bond acceptors (Lipinski definition) is 4. The third-order valence-electron chi connectivity index (χ3n) is 4.57. The number of amides is 3. The Kier molecular flexibility index (Phi) is 6.52. The van der Waals surface area contributed by atoms with Crippen molar-refractivity contribution in [2.75, 3.05) is 13.7 Å². The van der Waals surface area contributed by atoms with Gasteiger partial charge in [0.15, 0.2) is 12.6 Å². The summed E-state index contributed by atoms with van der Waals surface area (Å²) in [6.45, 7) is 4.38. The molecule has 1 heterocycles. The highest BCUT2D eigenvalue weighted by molar-refractivity contribution is 5.94. The Morgan fingerprint density at radius 1 is 1.28 bits per heavy atom. The molecule has 0 aromatic heterocycles. The summed E-state index contributed by atoms with van der Waals surface area (Å²) in [5.41, 5.74) is 2.20. The molecule has 7 heteroatoms. The molecule has 3 N–H and O–H groups in total. The molecular weight excluding hydrogens is 322 g/mol. The summed E-state index contributed by atoms with van der Waals surface area (Å²) >= 11 is 0. The molecular formula is C18H26N3O4+. The number of fused-ring (bicyclic) bond motifs is 1. The lowest BCUT2D eigenvalue weighted by molar-refractivity contribution is -0.924. The highest BCUT2D eigenvalue weighted by Gasteiger charge is 2.37. The Morgan fingerprint density at radius 2 is 1.96 bits per heavy atom. The first-order valence-corrected chi connectivity index (χ1v) is 8.54. The Morgan fingerprint density at radius 3 is 2.60 bits per heavy atom. The molecule has 3 amide bonds. The molecule has 0 fully saturated rings. The van der Waals surface area contributed by atoms with Gasteiger partial charge in [-0.2, -0.15) is 0 Å². The van der Waals surface area contributed by atoms with Crippen molar-refractivity contribution >= 4 is 17.9 Å². The highest BCUT2D eigenvalue weighted by atomic mass is 16.5. The fraction of sp³-hybridized carbons (Fsp3) is 0.500. The molecule has 1 aliphatic heterocycles. The van der Waals surface area contributed by atoms with Crippen LogP contribution >= 0.6 is 0 Å². The number of urea groups is 1. The summed E-state index contributed by atoms with van der Waals surface area (Å²) < 4.78 is 4.89. The van der Waals surface area contributed by atoms with E-state index in [4.69, 9.17) is 4.74 Å². The van der Waals surface area contributed by atoms with E-state index in [-0.39, 0.29) is 18.6 Å². The van der Waals surface area contributed by atoms with Gasteiger partial charge in [0, 0.05) is 18.0 Å². The number of methoxy groups -OCH3 is 1. The van der Waals surface area contributed by atoms with Crippen LogP contribution in [0.15, 0.2) is 24.3 Å². The van der Waals surface area contributed by atoms with Gasteiger partial charge in [0.05, 0.1) is 7.11 Å². The van der Waals surface area contributed by atoms with Gasteiger partial charge in [-0.1, -0.05) is 31.2 Å². The van der Waals surface area contributed by atoms with Crippen LogP contribution in [0.5, 0.6) is 0 Å². The van der Waals surface area contributed by atoms with Crippen LogP contribution in [-0.4, -0.2) is 43.6 Å². The van der Waals surface area contributed by atoms with Crippen LogP contribution in [0, 0.1) is 0 Å². The van der Waals surface area contributed by atoms with Crippen LogP contribution in [0.1, 0.15) is 31.4 Å². The normalized spacial score (nSPS) is 20.1. The van der Waals surface area contributed by atoms with E-state index in [1.165, 1.54) is 7.11 Å². The van der Waals surface area contributed by atoms with E-state index in [1.54, 1.807) is 0 Å². The summed E-state index contributed by atoms with van der Waals surface area (Å²) in [5, 5.41) is 5.02. The van der Waals surface area contributed by atoms with E-state index >= 15 is 0 Å². The van der Waals surface area contributed by atoms with E-state index in [0.717, 1.165) is 22.4 Å². The van der Waals surface area contributed by atoms with Crippen LogP contribution in [-0.2, 0) is 27.3 Å². The second kappa shape index (κ2) is 8.62. The molecule has 0 aliphatic carbocycles. The number of quaternary nitrogens is 1. The molecule has 1 aromatic rings. The third kappa shape index (κ3) is 5.03. The molecule has 0 bridgehead atoms. The highest BCUT2D eigenvalue weighted by Crippen LogP contribution is 2.14. The Hall–Kier alpha value is -2.41. The lowest BCUT2D eigenvalue weighted by Gasteiger charge is -2.31. The second-order valence-electron chi connectivity index (χ2n) is 6.39. The smallest absolute Gasteiger partial charge is 0.365 e. The first kappa shape index (κ1) is 18.9. The van der Waals surface area contributed by atoms with Crippen molar-refractivity contribution in [1.82, 2.24) is 10.6 Å². The summed E-state index contributed by atoms with van der Waals surface area (Å²) in [6.07, 6.45) is 1.30. The number of nitrogens with one attached hydrogen (secondary N) is 3. The number of carbonyl (C=O) groups excluding carboxylic acids is 3. The zero-order chi connectivity index (χ0) is 18.4. The summed E-state index contributed by atoms with van der Waals surface area (Å²) in [5.74, 6) is -0.759. The fourth-order valence-electron chi connectivity index (χ4n) is 2.98. The molecule has 1 aliphatic rings. The molecule has 3 atom stereocenters. The van der Waals surface area contributed by atoms with Gasteiger partial charge in [0.25, 0.3) is 5.91 Å². The van der Waals surface area contributed by atoms with Crippen molar-refractivity contribution in [3.8, 4) is 0 Å². The van der Waals surface area contributed by atoms with Crippen LogP contribution in [0.3, 0.4) is 0 Å². The zero-order valence-corrected chi connectivity index (χ0v) is 14.9.